The first-order valence-electron chi connectivity index (χ1n) is 11.4. The molecule has 15 heteroatoms. The van der Waals surface area contributed by atoms with E-state index in [1.165, 1.54) is 29.3 Å². The Morgan fingerprint density at radius 2 is 1.87 bits per heavy atom. The highest BCUT2D eigenvalue weighted by molar-refractivity contribution is 6.09. The molecule has 198 valence electrons. The van der Waals surface area contributed by atoms with E-state index in [2.05, 4.69) is 35.3 Å². The first kappa shape index (κ1) is 25.4. The Labute approximate surface area is 211 Å². The fourth-order valence-electron chi connectivity index (χ4n) is 4.37. The van der Waals surface area contributed by atoms with Crippen LogP contribution >= 0.6 is 0 Å². The van der Waals surface area contributed by atoms with Crippen molar-refractivity contribution in [2.24, 2.45) is 0 Å². The van der Waals surface area contributed by atoms with E-state index in [-0.39, 0.29) is 47.3 Å². The van der Waals surface area contributed by atoms with Crippen LogP contribution in [0.2, 0.25) is 0 Å². The number of carbonyl (C=O) groups excluding carboxylic acids is 1. The topological polar surface area (TPSA) is 137 Å². The van der Waals surface area contributed by atoms with Gasteiger partial charge in [0.2, 0.25) is 5.91 Å². The summed E-state index contributed by atoms with van der Waals surface area (Å²) < 4.78 is 66.6. The zero-order valence-corrected chi connectivity index (χ0v) is 20.0. The molecule has 0 aliphatic carbocycles. The number of hydrogen-bond acceptors (Lipinski definition) is 8. The van der Waals surface area contributed by atoms with Crippen LogP contribution in [0.15, 0.2) is 30.9 Å². The van der Waals surface area contributed by atoms with E-state index in [0.29, 0.717) is 18.1 Å². The van der Waals surface area contributed by atoms with Gasteiger partial charge < -0.3 is 11.1 Å². The number of fused-ring (bicyclic) bond motifs is 2. The monoisotopic (exact) mass is 533 g/mol. The van der Waals surface area contributed by atoms with Crippen molar-refractivity contribution < 1.29 is 26.7 Å². The van der Waals surface area contributed by atoms with Gasteiger partial charge >= 0.3 is 6.18 Å². The molecule has 1 unspecified atom stereocenters. The van der Waals surface area contributed by atoms with Crippen LogP contribution in [0.25, 0.3) is 17.2 Å². The van der Waals surface area contributed by atoms with Gasteiger partial charge in [0.05, 0.1) is 17.5 Å². The molecule has 0 radical (unpaired) electrons. The van der Waals surface area contributed by atoms with Gasteiger partial charge in [-0.1, -0.05) is 6.07 Å². The quantitative estimate of drug-likeness (QED) is 0.357. The summed E-state index contributed by atoms with van der Waals surface area (Å²) in [5, 5.41) is 6.69. The number of pyridine rings is 1. The van der Waals surface area contributed by atoms with E-state index >= 15 is 0 Å². The lowest BCUT2D eigenvalue weighted by atomic mass is 9.78. The Balaban J connectivity index is 1.54. The van der Waals surface area contributed by atoms with E-state index in [4.69, 9.17) is 5.73 Å². The summed E-state index contributed by atoms with van der Waals surface area (Å²) in [5.41, 5.74) is 5.64. The third kappa shape index (κ3) is 4.37. The second-order valence-electron chi connectivity index (χ2n) is 9.13. The number of nitrogen functional groups attached to an aromatic ring is 1. The lowest BCUT2D eigenvalue weighted by Crippen LogP contribution is -2.33. The number of carbonyl (C=O) groups is 1. The van der Waals surface area contributed by atoms with Gasteiger partial charge in [-0.3, -0.25) is 9.78 Å². The maximum absolute atomic E-state index is 13.6. The van der Waals surface area contributed by atoms with Gasteiger partial charge in [0.25, 0.3) is 5.92 Å². The normalized spacial score (nSPS) is 17.6. The lowest BCUT2D eigenvalue weighted by Gasteiger charge is -2.23. The number of anilines is 2. The average molecular weight is 533 g/mol. The molecule has 0 saturated heterocycles. The summed E-state index contributed by atoms with van der Waals surface area (Å²) in [5.74, 6) is -3.66. The number of nitrogens with zero attached hydrogens (tertiary/aromatic N) is 7. The van der Waals surface area contributed by atoms with Gasteiger partial charge in [0.15, 0.2) is 11.5 Å². The molecule has 1 amide bonds. The van der Waals surface area contributed by atoms with Gasteiger partial charge in [-0.25, -0.2) is 24.5 Å². The lowest BCUT2D eigenvalue weighted by molar-refractivity contribution is -0.135. The van der Waals surface area contributed by atoms with Crippen LogP contribution in [0.4, 0.5) is 33.6 Å². The smallest absolute Gasteiger partial charge is 0.383 e. The molecule has 0 fully saturated rings. The Morgan fingerprint density at radius 1 is 1.11 bits per heavy atom. The first-order valence-corrected chi connectivity index (χ1v) is 11.4. The highest BCUT2D eigenvalue weighted by Gasteiger charge is 2.48. The van der Waals surface area contributed by atoms with Crippen molar-refractivity contribution in [3.8, 4) is 11.5 Å². The number of aromatic nitrogens is 7. The van der Waals surface area contributed by atoms with E-state index in [1.807, 2.05) is 0 Å². The molecule has 4 aromatic rings. The van der Waals surface area contributed by atoms with E-state index in [0.717, 1.165) is 6.07 Å². The van der Waals surface area contributed by atoms with Crippen LogP contribution in [-0.2, 0) is 22.6 Å². The number of hydrogen-bond donors (Lipinski definition) is 2. The molecule has 0 aromatic carbocycles. The number of nitrogens with one attached hydrogen (secondary N) is 1. The molecule has 0 saturated carbocycles. The Bertz CT molecular complexity index is 1550. The largest absolute Gasteiger partial charge is 0.389 e. The van der Waals surface area contributed by atoms with Crippen molar-refractivity contribution in [1.82, 2.24) is 34.5 Å². The highest BCUT2D eigenvalue weighted by Crippen LogP contribution is 2.45. The van der Waals surface area contributed by atoms with Crippen molar-refractivity contribution in [1.29, 1.82) is 0 Å². The number of nitrogens with two attached hydrogens (primary N) is 1. The van der Waals surface area contributed by atoms with Crippen LogP contribution < -0.4 is 11.1 Å². The molecule has 10 nitrogen and oxygen atoms in total. The summed E-state index contributed by atoms with van der Waals surface area (Å²) in [6.45, 7) is 2.26. The fraction of sp³-hybridized carbons (Fsp3) is 0.348. The summed E-state index contributed by atoms with van der Waals surface area (Å²) >= 11 is 0. The van der Waals surface area contributed by atoms with Crippen molar-refractivity contribution in [2.75, 3.05) is 11.1 Å². The number of amides is 1. The number of alkyl halides is 5. The molecular weight excluding hydrogens is 513 g/mol. The van der Waals surface area contributed by atoms with Gasteiger partial charge in [-0.15, -0.1) is 0 Å². The molecule has 1 aliphatic rings. The molecule has 4 aromatic heterocycles. The second kappa shape index (κ2) is 8.63. The van der Waals surface area contributed by atoms with Gasteiger partial charge in [0.1, 0.15) is 34.8 Å². The van der Waals surface area contributed by atoms with Crippen LogP contribution in [0, 0.1) is 0 Å². The van der Waals surface area contributed by atoms with Crippen molar-refractivity contribution >= 4 is 23.2 Å². The minimum Gasteiger partial charge on any atom is -0.383 e. The first-order chi connectivity index (χ1) is 17.8. The zero-order valence-electron chi connectivity index (χ0n) is 20.0. The van der Waals surface area contributed by atoms with Gasteiger partial charge in [-0.2, -0.15) is 27.1 Å². The van der Waals surface area contributed by atoms with E-state index in [9.17, 15) is 26.7 Å². The second-order valence-corrected chi connectivity index (χ2v) is 9.13. The van der Waals surface area contributed by atoms with E-state index < -0.39 is 35.5 Å². The number of rotatable bonds is 6. The molecular formula is C23H20F5N9O. The summed E-state index contributed by atoms with van der Waals surface area (Å²) in [4.78, 5) is 34.1. The molecule has 1 aliphatic heterocycles. The molecule has 3 N–H and O–H groups in total. The van der Waals surface area contributed by atoms with Crippen LogP contribution in [0.5, 0.6) is 0 Å². The third-order valence-corrected chi connectivity index (χ3v) is 6.35. The van der Waals surface area contributed by atoms with Crippen molar-refractivity contribution in [2.45, 2.75) is 50.6 Å². The molecule has 5 rings (SSSR count). The molecule has 0 bridgehead atoms. The SMILES string of the molecule is CC(F)(F)c1ccc(C2(C)C(=O)Nc3nc(-c4cn5ncnc5c(CCCC(F)(F)F)n4)nc(N)c32)cn1. The molecule has 0 spiro atoms. The van der Waals surface area contributed by atoms with Crippen LogP contribution in [-0.4, -0.2) is 46.6 Å². The van der Waals surface area contributed by atoms with Gasteiger partial charge in [0, 0.05) is 19.5 Å². The third-order valence-electron chi connectivity index (χ3n) is 6.35. The molecule has 5 heterocycles. The zero-order chi connectivity index (χ0) is 27.5. The molecule has 38 heavy (non-hydrogen) atoms. The van der Waals surface area contributed by atoms with Crippen LogP contribution in [0.3, 0.4) is 0 Å². The summed E-state index contributed by atoms with van der Waals surface area (Å²) in [6, 6.07) is 2.50. The number of halogens is 5. The van der Waals surface area contributed by atoms with E-state index in [1.54, 1.807) is 6.92 Å². The standard InChI is InChI=1S/C23H20F5N9O/c1-21(11-5-6-14(30-8-11)22(2,24)25)15-16(29)34-17(35-18(15)36-20(21)38)13-9-37-19(31-10-32-37)12(33-13)4-3-7-23(26,27)28/h5-6,8-10H,3-4,7H2,1-2H3,(H3,29,34,35,36,38). The van der Waals surface area contributed by atoms with Crippen molar-refractivity contribution in [3.05, 3.63) is 53.4 Å². The maximum atomic E-state index is 13.6. The highest BCUT2D eigenvalue weighted by atomic mass is 19.4. The van der Waals surface area contributed by atoms with Crippen LogP contribution in [0.1, 0.15) is 49.2 Å². The summed E-state index contributed by atoms with van der Waals surface area (Å²) in [7, 11) is 0. The number of aryl methyl sites for hydroxylation is 1. The molecule has 1 atom stereocenters. The minimum absolute atomic E-state index is 0.000584. The Kier molecular flexibility index (Phi) is 5.76. The fourth-order valence-corrected chi connectivity index (χ4v) is 4.37. The summed E-state index contributed by atoms with van der Waals surface area (Å²) in [6.07, 6.45) is -1.66. The predicted octanol–water partition coefficient (Wildman–Crippen LogP) is 3.81. The Morgan fingerprint density at radius 3 is 2.53 bits per heavy atom. The average Bonchev–Trinajstić information content (AvgIpc) is 3.40. The maximum Gasteiger partial charge on any atom is 0.389 e. The predicted molar refractivity (Wildman–Crippen MR) is 124 cm³/mol. The van der Waals surface area contributed by atoms with Crippen molar-refractivity contribution in [3.63, 3.8) is 0 Å². The minimum atomic E-state index is -4.31. The van der Waals surface area contributed by atoms with Gasteiger partial charge in [-0.05, 0) is 31.4 Å². The Hall–Kier alpha value is -4.30.